The molecule has 2 N–H and O–H groups in total. The molecule has 2 fully saturated rings. The Bertz CT molecular complexity index is 572. The van der Waals surface area contributed by atoms with E-state index >= 15 is 0 Å². The van der Waals surface area contributed by atoms with Crippen LogP contribution >= 0.6 is 0 Å². The third kappa shape index (κ3) is 4.73. The van der Waals surface area contributed by atoms with E-state index in [4.69, 9.17) is 0 Å². The van der Waals surface area contributed by atoms with Gasteiger partial charge in [-0.05, 0) is 55.7 Å². The molecule has 1 heterocycles. The molecule has 3 rings (SSSR count). The zero-order chi connectivity index (χ0) is 16.8. The van der Waals surface area contributed by atoms with Gasteiger partial charge >= 0.3 is 0 Å². The number of piperidine rings is 1. The monoisotopic (exact) mass is 328 g/mol. The van der Waals surface area contributed by atoms with Crippen LogP contribution in [-0.4, -0.2) is 43.4 Å². The lowest BCUT2D eigenvalue weighted by Gasteiger charge is -2.26. The average molecular weight is 328 g/mol. The van der Waals surface area contributed by atoms with Gasteiger partial charge < -0.3 is 15.5 Å². The smallest absolute Gasteiger partial charge is 0.253 e. The Kier molecular flexibility index (Phi) is 5.72. The number of carbonyl (C=O) groups is 1. The summed E-state index contributed by atoms with van der Waals surface area (Å²) in [5.41, 5.74) is 1.94. The van der Waals surface area contributed by atoms with Crippen molar-refractivity contribution in [3.05, 3.63) is 35.4 Å². The molecule has 5 nitrogen and oxygen atoms in total. The maximum Gasteiger partial charge on any atom is 0.253 e. The van der Waals surface area contributed by atoms with Crippen LogP contribution in [0, 0.1) is 5.92 Å². The SMILES string of the molecule is CN=C(NCc1ccc(C(=O)N2CCCCC2)cc1)NCC1CC1. The molecular formula is C19H28N4O. The van der Waals surface area contributed by atoms with Gasteiger partial charge in [-0.15, -0.1) is 0 Å². The number of aliphatic imine (C=N–C) groups is 1. The maximum absolute atomic E-state index is 12.5. The summed E-state index contributed by atoms with van der Waals surface area (Å²) in [5.74, 6) is 1.83. The normalized spacial score (nSPS) is 18.4. The van der Waals surface area contributed by atoms with Gasteiger partial charge in [-0.1, -0.05) is 12.1 Å². The highest BCUT2D eigenvalue weighted by Gasteiger charge is 2.21. The standard InChI is InChI=1S/C19H28N4O/c1-20-19(21-13-15-5-6-15)22-14-16-7-9-17(10-8-16)18(24)23-11-3-2-4-12-23/h7-10,15H,2-6,11-14H2,1H3,(H2,20,21,22). The summed E-state index contributed by atoms with van der Waals surface area (Å²) in [4.78, 5) is 18.7. The highest BCUT2D eigenvalue weighted by Crippen LogP contribution is 2.27. The Morgan fingerprint density at radius 2 is 1.83 bits per heavy atom. The number of nitrogens with one attached hydrogen (secondary N) is 2. The van der Waals surface area contributed by atoms with Crippen LogP contribution in [-0.2, 0) is 6.54 Å². The summed E-state index contributed by atoms with van der Waals surface area (Å²) < 4.78 is 0. The van der Waals surface area contributed by atoms with Crippen molar-refractivity contribution in [1.29, 1.82) is 0 Å². The summed E-state index contributed by atoms with van der Waals surface area (Å²) in [6, 6.07) is 7.93. The Labute approximate surface area is 144 Å². The fourth-order valence-electron chi connectivity index (χ4n) is 3.01. The zero-order valence-corrected chi connectivity index (χ0v) is 14.6. The van der Waals surface area contributed by atoms with E-state index in [0.717, 1.165) is 55.5 Å². The number of carbonyl (C=O) groups excluding carboxylic acids is 1. The topological polar surface area (TPSA) is 56.7 Å². The molecule has 130 valence electrons. The second-order valence-corrected chi connectivity index (χ2v) is 6.80. The van der Waals surface area contributed by atoms with Gasteiger partial charge in [0, 0.05) is 38.8 Å². The van der Waals surface area contributed by atoms with Crippen LogP contribution in [0.1, 0.15) is 48.0 Å². The van der Waals surface area contributed by atoms with Crippen LogP contribution < -0.4 is 10.6 Å². The van der Waals surface area contributed by atoms with Gasteiger partial charge in [0.25, 0.3) is 5.91 Å². The van der Waals surface area contributed by atoms with Crippen molar-refractivity contribution >= 4 is 11.9 Å². The van der Waals surface area contributed by atoms with E-state index in [1.165, 1.54) is 19.3 Å². The van der Waals surface area contributed by atoms with Gasteiger partial charge in [0.15, 0.2) is 5.96 Å². The Hall–Kier alpha value is -2.04. The van der Waals surface area contributed by atoms with Crippen molar-refractivity contribution < 1.29 is 4.79 Å². The number of amides is 1. The molecule has 1 saturated heterocycles. The third-order valence-corrected chi connectivity index (χ3v) is 4.78. The first-order valence-corrected chi connectivity index (χ1v) is 9.09. The van der Waals surface area contributed by atoms with Crippen LogP contribution in [0.15, 0.2) is 29.3 Å². The number of nitrogens with zero attached hydrogens (tertiary/aromatic N) is 2. The van der Waals surface area contributed by atoms with Crippen molar-refractivity contribution in [2.45, 2.75) is 38.6 Å². The Morgan fingerprint density at radius 1 is 1.12 bits per heavy atom. The molecule has 24 heavy (non-hydrogen) atoms. The van der Waals surface area contributed by atoms with Crippen LogP contribution in [0.3, 0.4) is 0 Å². The molecule has 5 heteroatoms. The summed E-state index contributed by atoms with van der Waals surface area (Å²) >= 11 is 0. The predicted molar refractivity (Wildman–Crippen MR) is 97.1 cm³/mol. The molecule has 0 unspecified atom stereocenters. The number of benzene rings is 1. The minimum absolute atomic E-state index is 0.163. The first kappa shape index (κ1) is 16.8. The van der Waals surface area contributed by atoms with Crippen molar-refractivity contribution in [2.75, 3.05) is 26.7 Å². The first-order valence-electron chi connectivity index (χ1n) is 9.09. The number of hydrogen-bond acceptors (Lipinski definition) is 2. The Balaban J connectivity index is 1.49. The quantitative estimate of drug-likeness (QED) is 0.644. The number of rotatable bonds is 5. The number of likely N-dealkylation sites (tertiary alicyclic amines) is 1. The zero-order valence-electron chi connectivity index (χ0n) is 14.6. The van der Waals surface area contributed by atoms with Crippen LogP contribution in [0.2, 0.25) is 0 Å². The number of guanidine groups is 1. The van der Waals surface area contributed by atoms with Gasteiger partial charge in [-0.2, -0.15) is 0 Å². The second kappa shape index (κ2) is 8.18. The minimum Gasteiger partial charge on any atom is -0.356 e. The van der Waals surface area contributed by atoms with Crippen LogP contribution in [0.25, 0.3) is 0 Å². The van der Waals surface area contributed by atoms with Crippen LogP contribution in [0.4, 0.5) is 0 Å². The average Bonchev–Trinajstić information content (AvgIpc) is 3.47. The Morgan fingerprint density at radius 3 is 2.46 bits per heavy atom. The molecule has 0 radical (unpaired) electrons. The summed E-state index contributed by atoms with van der Waals surface area (Å²) in [7, 11) is 1.79. The van der Waals surface area contributed by atoms with Gasteiger partial charge in [0.05, 0.1) is 0 Å². The van der Waals surface area contributed by atoms with Crippen molar-refractivity contribution in [3.8, 4) is 0 Å². The lowest BCUT2D eigenvalue weighted by Crippen LogP contribution is -2.37. The lowest BCUT2D eigenvalue weighted by atomic mass is 10.1. The van der Waals surface area contributed by atoms with Gasteiger partial charge in [0.2, 0.25) is 0 Å². The minimum atomic E-state index is 0.163. The molecule has 0 bridgehead atoms. The fourth-order valence-corrected chi connectivity index (χ4v) is 3.01. The molecule has 2 aliphatic rings. The molecule has 1 aliphatic heterocycles. The van der Waals surface area contributed by atoms with E-state index in [9.17, 15) is 4.79 Å². The summed E-state index contributed by atoms with van der Waals surface area (Å²) in [5, 5.41) is 6.68. The largest absolute Gasteiger partial charge is 0.356 e. The molecule has 1 saturated carbocycles. The third-order valence-electron chi connectivity index (χ3n) is 4.78. The molecular weight excluding hydrogens is 300 g/mol. The van der Waals surface area contributed by atoms with E-state index in [1.807, 2.05) is 29.2 Å². The molecule has 1 amide bonds. The van der Waals surface area contributed by atoms with Gasteiger partial charge in [-0.25, -0.2) is 0 Å². The molecule has 1 aromatic carbocycles. The van der Waals surface area contributed by atoms with E-state index in [0.29, 0.717) is 6.54 Å². The van der Waals surface area contributed by atoms with Gasteiger partial charge in [0.1, 0.15) is 0 Å². The highest BCUT2D eigenvalue weighted by atomic mass is 16.2. The second-order valence-electron chi connectivity index (χ2n) is 6.80. The van der Waals surface area contributed by atoms with E-state index in [1.54, 1.807) is 7.05 Å². The summed E-state index contributed by atoms with van der Waals surface area (Å²) in [6.07, 6.45) is 6.15. The van der Waals surface area contributed by atoms with Crippen molar-refractivity contribution in [2.24, 2.45) is 10.9 Å². The molecule has 1 aromatic rings. The number of hydrogen-bond donors (Lipinski definition) is 2. The van der Waals surface area contributed by atoms with E-state index in [2.05, 4.69) is 15.6 Å². The van der Waals surface area contributed by atoms with E-state index < -0.39 is 0 Å². The van der Waals surface area contributed by atoms with E-state index in [-0.39, 0.29) is 5.91 Å². The molecule has 0 aromatic heterocycles. The van der Waals surface area contributed by atoms with Gasteiger partial charge in [-0.3, -0.25) is 9.79 Å². The molecule has 1 aliphatic carbocycles. The summed E-state index contributed by atoms with van der Waals surface area (Å²) in [6.45, 7) is 3.50. The van der Waals surface area contributed by atoms with Crippen molar-refractivity contribution in [3.63, 3.8) is 0 Å². The highest BCUT2D eigenvalue weighted by molar-refractivity contribution is 5.94. The first-order chi connectivity index (χ1) is 11.8. The van der Waals surface area contributed by atoms with Crippen LogP contribution in [0.5, 0.6) is 0 Å². The van der Waals surface area contributed by atoms with Crippen molar-refractivity contribution in [1.82, 2.24) is 15.5 Å². The molecule has 0 spiro atoms. The lowest BCUT2D eigenvalue weighted by molar-refractivity contribution is 0.0724. The fraction of sp³-hybridized carbons (Fsp3) is 0.579. The predicted octanol–water partition coefficient (Wildman–Crippen LogP) is 2.39. The maximum atomic E-state index is 12.5. The molecule has 0 atom stereocenters.